The van der Waals surface area contributed by atoms with Gasteiger partial charge in [-0.2, -0.15) is 0 Å². The zero-order valence-corrected chi connectivity index (χ0v) is 13.0. The summed E-state index contributed by atoms with van der Waals surface area (Å²) in [5, 5.41) is 12.7. The molecule has 2 amide bonds. The predicted octanol–water partition coefficient (Wildman–Crippen LogP) is -0.184. The molecule has 0 spiro atoms. The molecule has 1 heterocycles. The molecule has 1 aliphatic heterocycles. The lowest BCUT2D eigenvalue weighted by molar-refractivity contribution is -0.144. The number of carbonyl (C=O) groups excluding carboxylic acids is 2. The molecule has 1 saturated heterocycles. The second kappa shape index (κ2) is 7.04. The van der Waals surface area contributed by atoms with Crippen LogP contribution in [-0.4, -0.2) is 71.1 Å². The zero-order valence-electron chi connectivity index (χ0n) is 13.0. The summed E-state index contributed by atoms with van der Waals surface area (Å²) >= 11 is 0. The van der Waals surface area contributed by atoms with E-state index in [0.29, 0.717) is 26.1 Å². The van der Waals surface area contributed by atoms with Crippen molar-refractivity contribution in [3.05, 3.63) is 0 Å². The van der Waals surface area contributed by atoms with Gasteiger partial charge in [0.25, 0.3) is 0 Å². The van der Waals surface area contributed by atoms with Crippen molar-refractivity contribution in [3.63, 3.8) is 0 Å². The minimum atomic E-state index is -0.633. The first-order valence-corrected chi connectivity index (χ1v) is 7.31. The van der Waals surface area contributed by atoms with Crippen LogP contribution in [0.1, 0.15) is 34.1 Å². The monoisotopic (exact) mass is 285 g/mol. The number of likely N-dealkylation sites (tertiary alicyclic amines) is 1. The van der Waals surface area contributed by atoms with Crippen LogP contribution in [-0.2, 0) is 9.59 Å². The van der Waals surface area contributed by atoms with E-state index in [9.17, 15) is 14.7 Å². The quantitative estimate of drug-likeness (QED) is 0.680. The van der Waals surface area contributed by atoms with Gasteiger partial charge in [-0.25, -0.2) is 0 Å². The van der Waals surface area contributed by atoms with Crippen LogP contribution >= 0.6 is 0 Å². The van der Waals surface area contributed by atoms with Crippen molar-refractivity contribution in [1.82, 2.24) is 15.1 Å². The van der Waals surface area contributed by atoms with Crippen molar-refractivity contribution < 1.29 is 14.7 Å². The van der Waals surface area contributed by atoms with Gasteiger partial charge in [-0.3, -0.25) is 14.5 Å². The lowest BCUT2D eigenvalue weighted by Crippen LogP contribution is -2.63. The molecule has 0 bridgehead atoms. The summed E-state index contributed by atoms with van der Waals surface area (Å²) in [6, 6.07) is 0.0752. The third kappa shape index (κ3) is 4.76. The van der Waals surface area contributed by atoms with Gasteiger partial charge in [0, 0.05) is 25.7 Å². The number of nitrogens with zero attached hydrogens (tertiary/aromatic N) is 2. The van der Waals surface area contributed by atoms with Crippen LogP contribution < -0.4 is 5.32 Å². The number of hydrogen-bond acceptors (Lipinski definition) is 4. The van der Waals surface area contributed by atoms with E-state index in [1.165, 1.54) is 0 Å². The van der Waals surface area contributed by atoms with Crippen LogP contribution in [0.2, 0.25) is 0 Å². The second-order valence-corrected chi connectivity index (χ2v) is 5.85. The first-order valence-electron chi connectivity index (χ1n) is 7.31. The first kappa shape index (κ1) is 16.9. The molecule has 116 valence electrons. The summed E-state index contributed by atoms with van der Waals surface area (Å²) in [6.45, 7) is 9.52. The maximum Gasteiger partial charge on any atom is 0.239 e. The largest absolute Gasteiger partial charge is 0.387 e. The van der Waals surface area contributed by atoms with Gasteiger partial charge < -0.3 is 15.3 Å². The number of β-amino-alcohol motifs (C(OH)–C–C–N with tert-alkyl or cyclic N) is 1. The number of rotatable bonds is 7. The Hall–Kier alpha value is -1.14. The molecule has 0 aromatic rings. The summed E-state index contributed by atoms with van der Waals surface area (Å²) in [6.07, 6.45) is 0.700. The van der Waals surface area contributed by atoms with E-state index in [1.54, 1.807) is 4.90 Å². The Labute approximate surface area is 121 Å². The fourth-order valence-corrected chi connectivity index (χ4v) is 2.33. The van der Waals surface area contributed by atoms with E-state index >= 15 is 0 Å². The molecule has 0 atom stereocenters. The van der Waals surface area contributed by atoms with Crippen molar-refractivity contribution in [2.24, 2.45) is 0 Å². The topological polar surface area (TPSA) is 72.9 Å². The molecule has 0 radical (unpaired) electrons. The van der Waals surface area contributed by atoms with Gasteiger partial charge in [0.1, 0.15) is 0 Å². The average molecular weight is 285 g/mol. The molecule has 0 aromatic carbocycles. The van der Waals surface area contributed by atoms with Gasteiger partial charge in [0.05, 0.1) is 18.7 Å². The normalized spacial score (nSPS) is 17.7. The van der Waals surface area contributed by atoms with Gasteiger partial charge in [-0.1, -0.05) is 6.92 Å². The summed E-state index contributed by atoms with van der Waals surface area (Å²) in [5.41, 5.74) is -0.633. The van der Waals surface area contributed by atoms with Crippen molar-refractivity contribution in [2.45, 2.75) is 45.8 Å². The summed E-state index contributed by atoms with van der Waals surface area (Å²) in [7, 11) is 0. The zero-order chi connectivity index (χ0) is 15.3. The molecule has 6 nitrogen and oxygen atoms in total. The Balaban J connectivity index is 2.38. The Morgan fingerprint density at radius 3 is 2.40 bits per heavy atom. The molecular weight excluding hydrogens is 258 g/mol. The highest BCUT2D eigenvalue weighted by molar-refractivity contribution is 5.85. The third-order valence-corrected chi connectivity index (χ3v) is 3.57. The lowest BCUT2D eigenvalue weighted by atomic mass is 9.91. The molecule has 20 heavy (non-hydrogen) atoms. The van der Waals surface area contributed by atoms with E-state index in [-0.39, 0.29) is 30.9 Å². The molecule has 0 unspecified atom stereocenters. The smallest absolute Gasteiger partial charge is 0.239 e. The first-order chi connectivity index (χ1) is 9.29. The number of nitrogens with one attached hydrogen (secondary N) is 1. The molecule has 0 saturated carbocycles. The maximum absolute atomic E-state index is 12.1. The van der Waals surface area contributed by atoms with Crippen LogP contribution in [0.5, 0.6) is 0 Å². The molecule has 1 rings (SSSR count). The standard InChI is InChI=1S/C14H27N3O3/c1-5-14(20)9-16(10-14)8-13(19)17(6-2)7-12(18)15-11(3)4/h11,20H,5-10H2,1-4H3,(H,15,18). The second-order valence-electron chi connectivity index (χ2n) is 5.85. The van der Waals surface area contributed by atoms with Crippen molar-refractivity contribution in [2.75, 3.05) is 32.7 Å². The van der Waals surface area contributed by atoms with E-state index in [1.807, 2.05) is 32.6 Å². The van der Waals surface area contributed by atoms with Crippen molar-refractivity contribution >= 4 is 11.8 Å². The summed E-state index contributed by atoms with van der Waals surface area (Å²) < 4.78 is 0. The highest BCUT2D eigenvalue weighted by atomic mass is 16.3. The molecule has 2 N–H and O–H groups in total. The lowest BCUT2D eigenvalue weighted by Gasteiger charge is -2.46. The fraction of sp³-hybridized carbons (Fsp3) is 0.857. The SMILES string of the molecule is CCN(CC(=O)NC(C)C)C(=O)CN1CC(O)(CC)C1. The minimum Gasteiger partial charge on any atom is -0.387 e. The van der Waals surface area contributed by atoms with Gasteiger partial charge >= 0.3 is 0 Å². The Morgan fingerprint density at radius 2 is 1.95 bits per heavy atom. The number of likely N-dealkylation sites (N-methyl/N-ethyl adjacent to an activating group) is 1. The molecule has 1 aliphatic rings. The van der Waals surface area contributed by atoms with E-state index in [2.05, 4.69) is 5.32 Å². The van der Waals surface area contributed by atoms with E-state index in [0.717, 1.165) is 0 Å². The van der Waals surface area contributed by atoms with Crippen LogP contribution in [0.3, 0.4) is 0 Å². The molecule has 6 heteroatoms. The van der Waals surface area contributed by atoms with Crippen LogP contribution in [0.25, 0.3) is 0 Å². The highest BCUT2D eigenvalue weighted by Gasteiger charge is 2.40. The van der Waals surface area contributed by atoms with Crippen LogP contribution in [0.15, 0.2) is 0 Å². The Kier molecular flexibility index (Phi) is 5.95. The van der Waals surface area contributed by atoms with Gasteiger partial charge in [-0.05, 0) is 27.2 Å². The van der Waals surface area contributed by atoms with Crippen LogP contribution in [0, 0.1) is 0 Å². The Bertz CT molecular complexity index is 352. The van der Waals surface area contributed by atoms with Gasteiger partial charge in [0.15, 0.2) is 0 Å². The van der Waals surface area contributed by atoms with E-state index in [4.69, 9.17) is 0 Å². The molecule has 1 fully saturated rings. The van der Waals surface area contributed by atoms with Gasteiger partial charge in [0.2, 0.25) is 11.8 Å². The number of carbonyl (C=O) groups is 2. The van der Waals surface area contributed by atoms with Crippen molar-refractivity contribution in [1.29, 1.82) is 0 Å². The number of hydrogen-bond donors (Lipinski definition) is 2. The van der Waals surface area contributed by atoms with Gasteiger partial charge in [-0.15, -0.1) is 0 Å². The average Bonchev–Trinajstić information content (AvgIpc) is 2.32. The molecular formula is C14H27N3O3. The third-order valence-electron chi connectivity index (χ3n) is 3.57. The molecule has 0 aliphatic carbocycles. The van der Waals surface area contributed by atoms with Crippen molar-refractivity contribution in [3.8, 4) is 0 Å². The number of aliphatic hydroxyl groups is 1. The van der Waals surface area contributed by atoms with E-state index < -0.39 is 5.60 Å². The summed E-state index contributed by atoms with van der Waals surface area (Å²) in [4.78, 5) is 27.3. The fourth-order valence-electron chi connectivity index (χ4n) is 2.33. The molecule has 0 aromatic heterocycles. The Morgan fingerprint density at radius 1 is 1.35 bits per heavy atom. The minimum absolute atomic E-state index is 0.0652. The number of amides is 2. The summed E-state index contributed by atoms with van der Waals surface area (Å²) in [5.74, 6) is -0.201. The van der Waals surface area contributed by atoms with Crippen LogP contribution in [0.4, 0.5) is 0 Å². The predicted molar refractivity (Wildman–Crippen MR) is 77.2 cm³/mol. The highest BCUT2D eigenvalue weighted by Crippen LogP contribution is 2.23. The maximum atomic E-state index is 12.1.